The zero-order valence-electron chi connectivity index (χ0n) is 10.2. The molecule has 2 aromatic rings. The Labute approximate surface area is 118 Å². The minimum Gasteiger partial charge on any atom is -0.476 e. The fourth-order valence-electron chi connectivity index (χ4n) is 1.44. The standard InChI is InChI=1S/C11H10ClN5O3/c12-9-5-7(1-2-13-9)10(18)14-3-4-17-6-8(11(19)20)15-16-17/h1-2,5-6H,3-4H2,(H,14,18)(H,19,20). The van der Waals surface area contributed by atoms with Gasteiger partial charge < -0.3 is 10.4 Å². The van der Waals surface area contributed by atoms with Crippen molar-refractivity contribution in [1.29, 1.82) is 0 Å². The molecule has 0 aromatic carbocycles. The third-order valence-corrected chi connectivity index (χ3v) is 2.58. The average molecular weight is 296 g/mol. The molecule has 0 radical (unpaired) electrons. The van der Waals surface area contributed by atoms with Crippen molar-refractivity contribution in [2.24, 2.45) is 0 Å². The number of carboxylic acids is 1. The van der Waals surface area contributed by atoms with Gasteiger partial charge in [0.15, 0.2) is 5.69 Å². The van der Waals surface area contributed by atoms with E-state index in [4.69, 9.17) is 16.7 Å². The van der Waals surface area contributed by atoms with Crippen molar-refractivity contribution < 1.29 is 14.7 Å². The van der Waals surface area contributed by atoms with Crippen LogP contribution < -0.4 is 5.32 Å². The number of aromatic carboxylic acids is 1. The lowest BCUT2D eigenvalue weighted by molar-refractivity contribution is 0.0690. The van der Waals surface area contributed by atoms with Crippen LogP contribution >= 0.6 is 11.6 Å². The number of rotatable bonds is 5. The Morgan fingerprint density at radius 2 is 2.25 bits per heavy atom. The molecular formula is C11H10ClN5O3. The molecule has 2 aromatic heterocycles. The molecule has 0 aliphatic rings. The van der Waals surface area contributed by atoms with Gasteiger partial charge in [-0.05, 0) is 12.1 Å². The highest BCUT2D eigenvalue weighted by molar-refractivity contribution is 6.29. The highest BCUT2D eigenvalue weighted by atomic mass is 35.5. The molecular weight excluding hydrogens is 286 g/mol. The fraction of sp³-hybridized carbons (Fsp3) is 0.182. The van der Waals surface area contributed by atoms with Crippen LogP contribution in [0.1, 0.15) is 20.8 Å². The Kier molecular flexibility index (Phi) is 4.26. The molecule has 0 saturated heterocycles. The average Bonchev–Trinajstić information content (AvgIpc) is 2.87. The molecule has 104 valence electrons. The molecule has 1 amide bonds. The zero-order chi connectivity index (χ0) is 14.5. The van der Waals surface area contributed by atoms with E-state index in [0.29, 0.717) is 12.1 Å². The summed E-state index contributed by atoms with van der Waals surface area (Å²) in [5.41, 5.74) is 0.257. The van der Waals surface area contributed by atoms with Crippen LogP contribution in [-0.4, -0.2) is 43.5 Å². The van der Waals surface area contributed by atoms with Crippen LogP contribution in [0.4, 0.5) is 0 Å². The van der Waals surface area contributed by atoms with Gasteiger partial charge in [-0.15, -0.1) is 5.10 Å². The second-order valence-corrected chi connectivity index (χ2v) is 4.18. The van der Waals surface area contributed by atoms with Gasteiger partial charge in [-0.2, -0.15) is 0 Å². The molecule has 9 heteroatoms. The van der Waals surface area contributed by atoms with Gasteiger partial charge in [-0.25, -0.2) is 14.5 Å². The van der Waals surface area contributed by atoms with Gasteiger partial charge in [0.2, 0.25) is 0 Å². The number of aromatic nitrogens is 4. The third kappa shape index (κ3) is 3.51. The van der Waals surface area contributed by atoms with E-state index >= 15 is 0 Å². The number of halogens is 1. The fourth-order valence-corrected chi connectivity index (χ4v) is 1.61. The van der Waals surface area contributed by atoms with Crippen LogP contribution in [0.3, 0.4) is 0 Å². The van der Waals surface area contributed by atoms with Crippen LogP contribution in [0.15, 0.2) is 24.5 Å². The summed E-state index contributed by atoms with van der Waals surface area (Å²) in [6, 6.07) is 2.99. The molecule has 0 atom stereocenters. The van der Waals surface area contributed by atoms with E-state index in [9.17, 15) is 9.59 Å². The quantitative estimate of drug-likeness (QED) is 0.775. The number of pyridine rings is 1. The zero-order valence-corrected chi connectivity index (χ0v) is 10.9. The molecule has 2 N–H and O–H groups in total. The summed E-state index contributed by atoms with van der Waals surface area (Å²) in [6.07, 6.45) is 2.73. The predicted octanol–water partition coefficient (Wildman–Crippen LogP) is 0.455. The molecule has 0 spiro atoms. The largest absolute Gasteiger partial charge is 0.476 e. The Balaban J connectivity index is 1.86. The topological polar surface area (TPSA) is 110 Å². The molecule has 0 fully saturated rings. The maximum atomic E-state index is 11.8. The van der Waals surface area contributed by atoms with Gasteiger partial charge in [-0.3, -0.25) is 4.79 Å². The van der Waals surface area contributed by atoms with Gasteiger partial charge in [0, 0.05) is 18.3 Å². The first-order valence-corrected chi connectivity index (χ1v) is 5.97. The van der Waals surface area contributed by atoms with E-state index in [-0.39, 0.29) is 23.3 Å². The molecule has 8 nitrogen and oxygen atoms in total. The van der Waals surface area contributed by atoms with Crippen LogP contribution in [0.5, 0.6) is 0 Å². The highest BCUT2D eigenvalue weighted by Crippen LogP contribution is 2.06. The molecule has 0 aliphatic carbocycles. The Hall–Kier alpha value is -2.48. The second-order valence-electron chi connectivity index (χ2n) is 3.80. The van der Waals surface area contributed by atoms with Crippen LogP contribution in [-0.2, 0) is 6.54 Å². The summed E-state index contributed by atoms with van der Waals surface area (Å²) in [4.78, 5) is 26.1. The lowest BCUT2D eigenvalue weighted by Crippen LogP contribution is -2.27. The smallest absolute Gasteiger partial charge is 0.358 e. The Morgan fingerprint density at radius 1 is 1.45 bits per heavy atom. The Morgan fingerprint density at radius 3 is 2.90 bits per heavy atom. The molecule has 20 heavy (non-hydrogen) atoms. The highest BCUT2D eigenvalue weighted by Gasteiger charge is 2.09. The van der Waals surface area contributed by atoms with Gasteiger partial charge in [0.05, 0.1) is 12.7 Å². The lowest BCUT2D eigenvalue weighted by Gasteiger charge is -2.04. The number of amides is 1. The minimum absolute atomic E-state index is 0.141. The van der Waals surface area contributed by atoms with Crippen molar-refractivity contribution in [3.05, 3.63) is 40.9 Å². The van der Waals surface area contributed by atoms with Gasteiger partial charge in [0.1, 0.15) is 5.15 Å². The van der Waals surface area contributed by atoms with Crippen molar-refractivity contribution in [1.82, 2.24) is 25.3 Å². The predicted molar refractivity (Wildman–Crippen MR) is 68.6 cm³/mol. The monoisotopic (exact) mass is 295 g/mol. The van der Waals surface area contributed by atoms with Crippen LogP contribution in [0.2, 0.25) is 5.15 Å². The van der Waals surface area contributed by atoms with Gasteiger partial charge in [0.25, 0.3) is 5.91 Å². The van der Waals surface area contributed by atoms with Crippen molar-refractivity contribution in [3.8, 4) is 0 Å². The molecule has 0 unspecified atom stereocenters. The van der Waals surface area contributed by atoms with E-state index in [0.717, 1.165) is 0 Å². The second kappa shape index (κ2) is 6.11. The van der Waals surface area contributed by atoms with Crippen LogP contribution in [0, 0.1) is 0 Å². The molecule has 0 aliphatic heterocycles. The first-order valence-electron chi connectivity index (χ1n) is 5.59. The van der Waals surface area contributed by atoms with E-state index in [1.54, 1.807) is 6.07 Å². The van der Waals surface area contributed by atoms with Crippen molar-refractivity contribution in [2.75, 3.05) is 6.54 Å². The summed E-state index contributed by atoms with van der Waals surface area (Å²) >= 11 is 5.68. The molecule has 2 rings (SSSR count). The van der Waals surface area contributed by atoms with Crippen LogP contribution in [0.25, 0.3) is 0 Å². The van der Waals surface area contributed by atoms with Crippen molar-refractivity contribution >= 4 is 23.5 Å². The number of carbonyl (C=O) groups is 2. The first-order chi connectivity index (χ1) is 9.56. The van der Waals surface area contributed by atoms with E-state index in [2.05, 4.69) is 20.6 Å². The third-order valence-electron chi connectivity index (χ3n) is 2.37. The van der Waals surface area contributed by atoms with Crippen molar-refractivity contribution in [2.45, 2.75) is 6.54 Å². The van der Waals surface area contributed by atoms with Gasteiger partial charge in [-0.1, -0.05) is 16.8 Å². The molecule has 0 saturated carbocycles. The normalized spacial score (nSPS) is 10.2. The van der Waals surface area contributed by atoms with E-state index < -0.39 is 5.97 Å². The number of carboxylic acid groups (broad SMARTS) is 1. The SMILES string of the molecule is O=C(NCCn1cc(C(=O)O)nn1)c1ccnc(Cl)c1. The number of carbonyl (C=O) groups excluding carboxylic acids is 1. The number of hydrogen-bond donors (Lipinski definition) is 2. The van der Waals surface area contributed by atoms with E-state index in [1.165, 1.54) is 23.1 Å². The number of hydrogen-bond acceptors (Lipinski definition) is 5. The maximum absolute atomic E-state index is 11.8. The summed E-state index contributed by atoms with van der Waals surface area (Å²) in [7, 11) is 0. The van der Waals surface area contributed by atoms with Gasteiger partial charge >= 0.3 is 5.97 Å². The lowest BCUT2D eigenvalue weighted by atomic mass is 10.2. The summed E-state index contributed by atoms with van der Waals surface area (Å²) in [5, 5.41) is 18.7. The maximum Gasteiger partial charge on any atom is 0.358 e. The first kappa shape index (κ1) is 13.9. The summed E-state index contributed by atoms with van der Waals surface area (Å²) in [5.74, 6) is -1.44. The number of nitrogens with zero attached hydrogens (tertiary/aromatic N) is 4. The molecule has 0 bridgehead atoms. The molecule has 2 heterocycles. The van der Waals surface area contributed by atoms with Crippen molar-refractivity contribution in [3.63, 3.8) is 0 Å². The summed E-state index contributed by atoms with van der Waals surface area (Å²) < 4.78 is 1.34. The Bertz CT molecular complexity index is 642. The number of nitrogens with one attached hydrogen (secondary N) is 1. The summed E-state index contributed by atoms with van der Waals surface area (Å²) in [6.45, 7) is 0.589. The van der Waals surface area contributed by atoms with E-state index in [1.807, 2.05) is 0 Å². The minimum atomic E-state index is -1.15.